The lowest BCUT2D eigenvalue weighted by Gasteiger charge is -2.12. The van der Waals surface area contributed by atoms with Crippen molar-refractivity contribution >= 4 is 29.3 Å². The third-order valence-electron chi connectivity index (χ3n) is 3.50. The van der Waals surface area contributed by atoms with E-state index in [1.165, 1.54) is 22.5 Å². The van der Waals surface area contributed by atoms with Gasteiger partial charge in [-0.2, -0.15) is 0 Å². The van der Waals surface area contributed by atoms with Gasteiger partial charge in [0.05, 0.1) is 12.8 Å². The highest BCUT2D eigenvalue weighted by Crippen LogP contribution is 2.14. The number of nitrogens with one attached hydrogen (secondary N) is 1. The predicted molar refractivity (Wildman–Crippen MR) is 101 cm³/mol. The number of anilines is 1. The van der Waals surface area contributed by atoms with E-state index in [0.29, 0.717) is 10.8 Å². The van der Waals surface area contributed by atoms with Crippen LogP contribution in [0.25, 0.3) is 0 Å². The van der Waals surface area contributed by atoms with Crippen molar-refractivity contribution in [1.82, 2.24) is 9.55 Å². The van der Waals surface area contributed by atoms with E-state index in [0.717, 1.165) is 11.1 Å². The quantitative estimate of drug-likeness (QED) is 0.474. The lowest BCUT2D eigenvalue weighted by Crippen LogP contribution is -2.33. The number of nitrogens with zero attached hydrogens (tertiary/aromatic N) is 2. The summed E-state index contributed by atoms with van der Waals surface area (Å²) in [6.45, 7) is 5.42. The maximum atomic E-state index is 12.6. The van der Waals surface area contributed by atoms with E-state index in [1.54, 1.807) is 13.2 Å². The van der Waals surface area contributed by atoms with Crippen molar-refractivity contribution in [2.24, 2.45) is 0 Å². The minimum absolute atomic E-state index is 0.149. The van der Waals surface area contributed by atoms with Crippen molar-refractivity contribution in [3.8, 4) is 0 Å². The van der Waals surface area contributed by atoms with Crippen molar-refractivity contribution in [2.75, 3.05) is 18.2 Å². The second-order valence-electron chi connectivity index (χ2n) is 5.69. The highest BCUT2D eigenvalue weighted by molar-refractivity contribution is 7.98. The van der Waals surface area contributed by atoms with Gasteiger partial charge in [0, 0.05) is 5.69 Å². The fraction of sp³-hybridized carbons (Fsp3) is 0.333. The molecule has 2 rings (SSSR count). The van der Waals surface area contributed by atoms with Gasteiger partial charge in [-0.3, -0.25) is 14.2 Å². The molecule has 8 heteroatoms. The summed E-state index contributed by atoms with van der Waals surface area (Å²) in [5.41, 5.74) is 1.91. The molecule has 0 fully saturated rings. The Morgan fingerprint density at radius 2 is 1.88 bits per heavy atom. The Hall–Kier alpha value is -2.61. The molecule has 0 saturated carbocycles. The van der Waals surface area contributed by atoms with Crippen LogP contribution in [0.4, 0.5) is 5.69 Å². The van der Waals surface area contributed by atoms with Crippen LogP contribution in [0.2, 0.25) is 0 Å². The van der Waals surface area contributed by atoms with Crippen molar-refractivity contribution < 1.29 is 14.3 Å². The summed E-state index contributed by atoms with van der Waals surface area (Å²) < 4.78 is 6.04. The minimum atomic E-state index is -0.749. The van der Waals surface area contributed by atoms with Gasteiger partial charge in [0.15, 0.2) is 5.16 Å². The summed E-state index contributed by atoms with van der Waals surface area (Å²) in [7, 11) is 0. The molecular weight excluding hydrogens is 354 g/mol. The van der Waals surface area contributed by atoms with Crippen molar-refractivity contribution in [1.29, 1.82) is 0 Å². The molecule has 0 aliphatic rings. The standard InChI is InChI=1S/C18H21N3O4S/c1-5-25-17(24)14-9-19-18(26-4)21(16(14)23)10-15(22)20-13-7-11(2)6-12(3)8-13/h6-9H,5,10H2,1-4H3,(H,20,22). The molecule has 1 aromatic heterocycles. The summed E-state index contributed by atoms with van der Waals surface area (Å²) in [6.07, 6.45) is 2.93. The molecule has 0 bridgehead atoms. The van der Waals surface area contributed by atoms with Gasteiger partial charge in [0.2, 0.25) is 5.91 Å². The number of carbonyl (C=O) groups is 2. The molecule has 1 heterocycles. The Morgan fingerprint density at radius 1 is 1.23 bits per heavy atom. The molecule has 0 radical (unpaired) electrons. The van der Waals surface area contributed by atoms with E-state index in [-0.39, 0.29) is 24.6 Å². The third-order valence-corrected chi connectivity index (χ3v) is 4.19. The second-order valence-corrected chi connectivity index (χ2v) is 6.47. The molecular formula is C18H21N3O4S. The van der Waals surface area contributed by atoms with E-state index in [1.807, 2.05) is 32.0 Å². The number of aromatic nitrogens is 2. The fourth-order valence-electron chi connectivity index (χ4n) is 2.52. The van der Waals surface area contributed by atoms with Gasteiger partial charge >= 0.3 is 5.97 Å². The zero-order chi connectivity index (χ0) is 19.3. The van der Waals surface area contributed by atoms with Crippen molar-refractivity contribution in [2.45, 2.75) is 32.5 Å². The maximum absolute atomic E-state index is 12.6. The molecule has 7 nitrogen and oxygen atoms in total. The van der Waals surface area contributed by atoms with Gasteiger partial charge in [0.25, 0.3) is 5.56 Å². The number of rotatable bonds is 6. The van der Waals surface area contributed by atoms with E-state index in [9.17, 15) is 14.4 Å². The van der Waals surface area contributed by atoms with Crippen LogP contribution in [0, 0.1) is 13.8 Å². The second kappa shape index (κ2) is 8.66. The average molecular weight is 375 g/mol. The Balaban J connectivity index is 2.29. The molecule has 138 valence electrons. The van der Waals surface area contributed by atoms with Crippen LogP contribution in [0.3, 0.4) is 0 Å². The van der Waals surface area contributed by atoms with E-state index in [2.05, 4.69) is 10.3 Å². The smallest absolute Gasteiger partial charge is 0.345 e. The first-order valence-corrected chi connectivity index (χ1v) is 9.27. The van der Waals surface area contributed by atoms with E-state index in [4.69, 9.17) is 4.74 Å². The lowest BCUT2D eigenvalue weighted by molar-refractivity contribution is -0.116. The first kappa shape index (κ1) is 19.7. The van der Waals surface area contributed by atoms with Gasteiger partial charge in [-0.15, -0.1) is 0 Å². The number of hydrogen-bond acceptors (Lipinski definition) is 6. The van der Waals surface area contributed by atoms with Crippen LogP contribution < -0.4 is 10.9 Å². The third kappa shape index (κ3) is 4.72. The summed E-state index contributed by atoms with van der Waals surface area (Å²) in [6, 6.07) is 5.69. The Bertz CT molecular complexity index is 872. The van der Waals surface area contributed by atoms with Crippen molar-refractivity contribution in [3.05, 3.63) is 51.4 Å². The number of aryl methyl sites for hydroxylation is 2. The predicted octanol–water partition coefficient (Wildman–Crippen LogP) is 2.40. The number of amides is 1. The van der Waals surface area contributed by atoms with Crippen LogP contribution in [0.1, 0.15) is 28.4 Å². The fourth-order valence-corrected chi connectivity index (χ4v) is 3.05. The van der Waals surface area contributed by atoms with Crippen LogP contribution in [-0.2, 0) is 16.1 Å². The summed E-state index contributed by atoms with van der Waals surface area (Å²) in [5.74, 6) is -1.13. The van der Waals surface area contributed by atoms with Gasteiger partial charge < -0.3 is 10.1 Å². The molecule has 0 unspecified atom stereocenters. The Morgan fingerprint density at radius 3 is 2.46 bits per heavy atom. The highest BCUT2D eigenvalue weighted by atomic mass is 32.2. The largest absolute Gasteiger partial charge is 0.462 e. The number of hydrogen-bond donors (Lipinski definition) is 1. The molecule has 0 aliphatic heterocycles. The average Bonchev–Trinajstić information content (AvgIpc) is 2.55. The van der Waals surface area contributed by atoms with Crippen LogP contribution in [0.5, 0.6) is 0 Å². The molecule has 1 N–H and O–H groups in total. The minimum Gasteiger partial charge on any atom is -0.462 e. The first-order valence-electron chi connectivity index (χ1n) is 8.04. The summed E-state index contributed by atoms with van der Waals surface area (Å²) >= 11 is 1.22. The maximum Gasteiger partial charge on any atom is 0.345 e. The highest BCUT2D eigenvalue weighted by Gasteiger charge is 2.18. The Labute approximate surface area is 155 Å². The van der Waals surface area contributed by atoms with Gasteiger partial charge in [0.1, 0.15) is 12.1 Å². The van der Waals surface area contributed by atoms with Gasteiger partial charge in [-0.05, 0) is 50.3 Å². The van der Waals surface area contributed by atoms with Crippen LogP contribution in [0.15, 0.2) is 34.3 Å². The molecule has 0 saturated heterocycles. The molecule has 26 heavy (non-hydrogen) atoms. The monoisotopic (exact) mass is 375 g/mol. The summed E-state index contributed by atoms with van der Waals surface area (Å²) in [4.78, 5) is 41.0. The molecule has 2 aromatic rings. The van der Waals surface area contributed by atoms with Gasteiger partial charge in [-0.1, -0.05) is 17.8 Å². The normalized spacial score (nSPS) is 10.5. The zero-order valence-electron chi connectivity index (χ0n) is 15.2. The number of esters is 1. The molecule has 1 amide bonds. The number of benzene rings is 1. The molecule has 0 atom stereocenters. The van der Waals surface area contributed by atoms with E-state index >= 15 is 0 Å². The topological polar surface area (TPSA) is 90.3 Å². The molecule has 0 aliphatic carbocycles. The number of ether oxygens (including phenoxy) is 1. The number of carbonyl (C=O) groups excluding carboxylic acids is 2. The molecule has 1 aromatic carbocycles. The zero-order valence-corrected chi connectivity index (χ0v) is 16.0. The number of thioether (sulfide) groups is 1. The van der Waals surface area contributed by atoms with Crippen LogP contribution >= 0.6 is 11.8 Å². The summed E-state index contributed by atoms with van der Waals surface area (Å²) in [5, 5.41) is 3.12. The SMILES string of the molecule is CCOC(=O)c1cnc(SC)n(CC(=O)Nc2cc(C)cc(C)c2)c1=O. The van der Waals surface area contributed by atoms with Crippen LogP contribution in [-0.4, -0.2) is 34.3 Å². The van der Waals surface area contributed by atoms with Gasteiger partial charge in [-0.25, -0.2) is 9.78 Å². The van der Waals surface area contributed by atoms with E-state index < -0.39 is 11.5 Å². The van der Waals surface area contributed by atoms with Crippen molar-refractivity contribution in [3.63, 3.8) is 0 Å². The Kier molecular flexibility index (Phi) is 6.57. The molecule has 0 spiro atoms. The first-order chi connectivity index (χ1) is 12.3. The lowest BCUT2D eigenvalue weighted by atomic mass is 10.1.